The molecule has 25 heavy (non-hydrogen) atoms. The highest BCUT2D eigenvalue weighted by atomic mass is 16.2. The molecule has 0 unspecified atom stereocenters. The van der Waals surface area contributed by atoms with E-state index in [9.17, 15) is 9.59 Å². The molecule has 1 atom stereocenters. The van der Waals surface area contributed by atoms with Crippen LogP contribution in [0.2, 0.25) is 0 Å². The summed E-state index contributed by atoms with van der Waals surface area (Å²) < 4.78 is 0. The van der Waals surface area contributed by atoms with Gasteiger partial charge in [-0.1, -0.05) is 48.6 Å². The summed E-state index contributed by atoms with van der Waals surface area (Å²) in [5, 5.41) is 6.00. The van der Waals surface area contributed by atoms with E-state index in [-0.39, 0.29) is 17.7 Å². The summed E-state index contributed by atoms with van der Waals surface area (Å²) in [7, 11) is 0. The van der Waals surface area contributed by atoms with E-state index < -0.39 is 6.17 Å². The molecule has 0 fully saturated rings. The van der Waals surface area contributed by atoms with Crippen LogP contribution < -0.4 is 10.6 Å². The van der Waals surface area contributed by atoms with Crippen molar-refractivity contribution < 1.29 is 9.59 Å². The fraction of sp³-hybridized carbons (Fsp3) is 0.238. The lowest BCUT2D eigenvalue weighted by atomic mass is 9.91. The van der Waals surface area contributed by atoms with E-state index in [1.165, 1.54) is 0 Å². The minimum absolute atomic E-state index is 0.173. The molecule has 2 aromatic rings. The fourth-order valence-corrected chi connectivity index (χ4v) is 3.02. The van der Waals surface area contributed by atoms with Crippen molar-refractivity contribution in [2.24, 2.45) is 5.92 Å². The van der Waals surface area contributed by atoms with Gasteiger partial charge in [-0.05, 0) is 43.5 Å². The topological polar surface area (TPSA) is 58.2 Å². The van der Waals surface area contributed by atoms with Gasteiger partial charge in [0.2, 0.25) is 0 Å². The molecule has 0 saturated heterocycles. The van der Waals surface area contributed by atoms with Gasteiger partial charge in [-0.3, -0.25) is 9.59 Å². The smallest absolute Gasteiger partial charge is 0.252 e. The fourth-order valence-electron chi connectivity index (χ4n) is 3.02. The molecule has 2 amide bonds. The predicted octanol–water partition coefficient (Wildman–Crippen LogP) is 3.53. The third-order valence-corrected chi connectivity index (χ3v) is 4.43. The summed E-state index contributed by atoms with van der Waals surface area (Å²) in [6.45, 7) is 0. The zero-order valence-corrected chi connectivity index (χ0v) is 14.0. The Kier molecular flexibility index (Phi) is 5.62. The van der Waals surface area contributed by atoms with Crippen molar-refractivity contribution in [3.8, 4) is 0 Å². The van der Waals surface area contributed by atoms with E-state index in [2.05, 4.69) is 22.8 Å². The van der Waals surface area contributed by atoms with Crippen molar-refractivity contribution in [1.29, 1.82) is 0 Å². The molecule has 128 valence electrons. The van der Waals surface area contributed by atoms with E-state index >= 15 is 0 Å². The maximum Gasteiger partial charge on any atom is 0.252 e. The number of rotatable bonds is 5. The summed E-state index contributed by atoms with van der Waals surface area (Å²) in [4.78, 5) is 25.1. The second-order valence-corrected chi connectivity index (χ2v) is 6.20. The van der Waals surface area contributed by atoms with Gasteiger partial charge in [0.1, 0.15) is 6.17 Å². The first-order valence-corrected chi connectivity index (χ1v) is 8.61. The second-order valence-electron chi connectivity index (χ2n) is 6.20. The highest BCUT2D eigenvalue weighted by Crippen LogP contribution is 2.21. The average molecular weight is 334 g/mol. The Morgan fingerprint density at radius 3 is 1.76 bits per heavy atom. The molecule has 3 rings (SSSR count). The molecular weight excluding hydrogens is 312 g/mol. The van der Waals surface area contributed by atoms with Crippen molar-refractivity contribution in [1.82, 2.24) is 10.6 Å². The van der Waals surface area contributed by atoms with Gasteiger partial charge in [0.25, 0.3) is 11.8 Å². The highest BCUT2D eigenvalue weighted by molar-refractivity contribution is 5.96. The lowest BCUT2D eigenvalue weighted by Gasteiger charge is -2.29. The van der Waals surface area contributed by atoms with E-state index in [0.29, 0.717) is 11.1 Å². The van der Waals surface area contributed by atoms with Crippen LogP contribution in [0.3, 0.4) is 0 Å². The number of carbonyl (C=O) groups is 2. The molecule has 2 aromatic carbocycles. The lowest BCUT2D eigenvalue weighted by molar-refractivity contribution is 0.0848. The molecule has 0 aliphatic heterocycles. The van der Waals surface area contributed by atoms with Crippen LogP contribution in [0, 0.1) is 5.92 Å². The van der Waals surface area contributed by atoms with Crippen molar-refractivity contribution in [2.45, 2.75) is 25.4 Å². The second kappa shape index (κ2) is 8.29. The van der Waals surface area contributed by atoms with Crippen LogP contribution in [0.25, 0.3) is 0 Å². The van der Waals surface area contributed by atoms with Crippen LogP contribution in [-0.2, 0) is 0 Å². The summed E-state index contributed by atoms with van der Waals surface area (Å²) in [5.74, 6) is -0.160. The quantitative estimate of drug-likeness (QED) is 0.649. The van der Waals surface area contributed by atoms with Gasteiger partial charge in [0, 0.05) is 17.0 Å². The van der Waals surface area contributed by atoms with Crippen LogP contribution in [-0.4, -0.2) is 18.0 Å². The first-order valence-electron chi connectivity index (χ1n) is 8.61. The Bertz CT molecular complexity index is 688. The summed E-state index contributed by atoms with van der Waals surface area (Å²) in [6, 6.07) is 18.1. The molecule has 0 saturated carbocycles. The van der Waals surface area contributed by atoms with Gasteiger partial charge >= 0.3 is 0 Å². The van der Waals surface area contributed by atoms with Crippen molar-refractivity contribution in [2.75, 3.05) is 0 Å². The van der Waals surface area contributed by atoms with E-state index in [0.717, 1.165) is 19.3 Å². The first kappa shape index (κ1) is 17.0. The minimum atomic E-state index is -0.398. The van der Waals surface area contributed by atoms with Gasteiger partial charge in [0.15, 0.2) is 0 Å². The maximum absolute atomic E-state index is 12.5. The van der Waals surface area contributed by atoms with E-state index in [1.54, 1.807) is 24.3 Å². The molecule has 4 heteroatoms. The standard InChI is InChI=1S/C21H22N2O2/c24-20(17-12-6-2-7-13-17)22-19(16-10-4-1-5-11-16)23-21(25)18-14-8-3-9-15-18/h1-4,6-9,12-16,19H,5,10-11H2,(H,22,24)(H,23,25)/t16-/m0/s1. The van der Waals surface area contributed by atoms with Crippen LogP contribution in [0.15, 0.2) is 72.8 Å². The third kappa shape index (κ3) is 4.57. The Labute approximate surface area is 148 Å². The third-order valence-electron chi connectivity index (χ3n) is 4.43. The molecule has 0 bridgehead atoms. The molecular formula is C21H22N2O2. The normalized spacial score (nSPS) is 16.4. The van der Waals surface area contributed by atoms with Crippen LogP contribution in [0.5, 0.6) is 0 Å². The summed E-state index contributed by atoms with van der Waals surface area (Å²) in [6.07, 6.45) is 6.60. The molecule has 0 heterocycles. The number of hydrogen-bond donors (Lipinski definition) is 2. The molecule has 1 aliphatic rings. The van der Waals surface area contributed by atoms with E-state index in [1.807, 2.05) is 36.4 Å². The van der Waals surface area contributed by atoms with Crippen LogP contribution >= 0.6 is 0 Å². The molecule has 1 aliphatic carbocycles. The Balaban J connectivity index is 1.74. The number of allylic oxidation sites excluding steroid dienone is 2. The van der Waals surface area contributed by atoms with E-state index in [4.69, 9.17) is 0 Å². The average Bonchev–Trinajstić information content (AvgIpc) is 2.69. The number of hydrogen-bond acceptors (Lipinski definition) is 2. The lowest BCUT2D eigenvalue weighted by Crippen LogP contribution is -2.52. The number of nitrogens with one attached hydrogen (secondary N) is 2. The zero-order chi connectivity index (χ0) is 17.5. The largest absolute Gasteiger partial charge is 0.332 e. The predicted molar refractivity (Wildman–Crippen MR) is 98.1 cm³/mol. The Morgan fingerprint density at radius 1 is 0.800 bits per heavy atom. The van der Waals surface area contributed by atoms with Gasteiger partial charge in [-0.2, -0.15) is 0 Å². The van der Waals surface area contributed by atoms with Crippen molar-refractivity contribution in [3.63, 3.8) is 0 Å². The summed E-state index contributed by atoms with van der Waals surface area (Å²) in [5.41, 5.74) is 1.18. The number of benzene rings is 2. The van der Waals surface area contributed by atoms with Crippen molar-refractivity contribution >= 4 is 11.8 Å². The first-order chi connectivity index (χ1) is 12.2. The van der Waals surface area contributed by atoms with Gasteiger partial charge < -0.3 is 10.6 Å². The Hall–Kier alpha value is -2.88. The Morgan fingerprint density at radius 2 is 1.32 bits per heavy atom. The minimum Gasteiger partial charge on any atom is -0.332 e. The van der Waals surface area contributed by atoms with Crippen molar-refractivity contribution in [3.05, 3.63) is 83.9 Å². The molecule has 0 spiro atoms. The number of carbonyl (C=O) groups excluding carboxylic acids is 2. The highest BCUT2D eigenvalue weighted by Gasteiger charge is 2.25. The number of amides is 2. The molecule has 0 aromatic heterocycles. The molecule has 4 nitrogen and oxygen atoms in total. The van der Waals surface area contributed by atoms with Gasteiger partial charge in [-0.15, -0.1) is 0 Å². The SMILES string of the molecule is O=C(NC(NC(=O)c1ccccc1)[C@H]1CC=CCC1)c1ccccc1. The maximum atomic E-state index is 12.5. The van der Waals surface area contributed by atoms with Crippen LogP contribution in [0.4, 0.5) is 0 Å². The molecule has 2 N–H and O–H groups in total. The monoisotopic (exact) mass is 334 g/mol. The molecule has 0 radical (unpaired) electrons. The van der Waals surface area contributed by atoms with Crippen LogP contribution in [0.1, 0.15) is 40.0 Å². The van der Waals surface area contributed by atoms with Gasteiger partial charge in [-0.25, -0.2) is 0 Å². The zero-order valence-electron chi connectivity index (χ0n) is 14.0. The van der Waals surface area contributed by atoms with Gasteiger partial charge in [0.05, 0.1) is 0 Å². The summed E-state index contributed by atoms with van der Waals surface area (Å²) >= 11 is 0.